The number of nitrogens with one attached hydrogen (secondary N) is 1. The highest BCUT2D eigenvalue weighted by Gasteiger charge is 2.25. The molecule has 0 radical (unpaired) electrons. The van der Waals surface area contributed by atoms with Gasteiger partial charge in [0.2, 0.25) is 0 Å². The molecule has 3 aromatic rings. The fourth-order valence-corrected chi connectivity index (χ4v) is 5.25. The minimum absolute atomic E-state index is 0.345. The van der Waals surface area contributed by atoms with Crippen molar-refractivity contribution >= 4 is 29.5 Å². The first-order valence-electron chi connectivity index (χ1n) is 8.52. The molecule has 0 bridgehead atoms. The van der Waals surface area contributed by atoms with E-state index in [1.807, 2.05) is 81.4 Å². The molecular formula is C22H22F2NP. The van der Waals surface area contributed by atoms with Crippen molar-refractivity contribution in [3.05, 3.63) is 84.4 Å². The summed E-state index contributed by atoms with van der Waals surface area (Å²) in [6, 6.07) is 22.2. The summed E-state index contributed by atoms with van der Waals surface area (Å²) >= 11 is 0. The van der Waals surface area contributed by atoms with Crippen LogP contribution in [-0.4, -0.2) is 5.54 Å². The van der Waals surface area contributed by atoms with Crippen LogP contribution in [0.1, 0.15) is 20.8 Å². The van der Waals surface area contributed by atoms with Crippen LogP contribution < -0.4 is 21.2 Å². The van der Waals surface area contributed by atoms with E-state index in [0.717, 1.165) is 16.7 Å². The zero-order valence-electron chi connectivity index (χ0n) is 15.1. The average Bonchev–Trinajstić information content (AvgIpc) is 2.59. The molecule has 1 N–H and O–H groups in total. The van der Waals surface area contributed by atoms with Gasteiger partial charge >= 0.3 is 0 Å². The molecule has 0 heterocycles. The summed E-state index contributed by atoms with van der Waals surface area (Å²) in [5.41, 5.74) is 0.0274. The Kier molecular flexibility index (Phi) is 5.38. The van der Waals surface area contributed by atoms with Gasteiger partial charge in [-0.05, 0) is 45.4 Å². The van der Waals surface area contributed by atoms with Crippen molar-refractivity contribution in [3.8, 4) is 0 Å². The fourth-order valence-electron chi connectivity index (χ4n) is 2.82. The number of rotatable bonds is 4. The third-order valence-electron chi connectivity index (χ3n) is 3.80. The number of anilines is 1. The molecule has 0 atom stereocenters. The van der Waals surface area contributed by atoms with Crippen LogP contribution in [0.15, 0.2) is 72.8 Å². The zero-order valence-corrected chi connectivity index (χ0v) is 16.0. The second kappa shape index (κ2) is 7.55. The normalized spacial score (nSPS) is 11.6. The maximum Gasteiger partial charge on any atom is 0.149 e. The molecule has 0 aliphatic rings. The molecular weight excluding hydrogens is 347 g/mol. The summed E-state index contributed by atoms with van der Waals surface area (Å²) in [6.45, 7) is 5.90. The third-order valence-corrected chi connectivity index (χ3v) is 6.27. The van der Waals surface area contributed by atoms with Crippen LogP contribution in [0.3, 0.4) is 0 Å². The topological polar surface area (TPSA) is 12.0 Å². The Morgan fingerprint density at radius 3 is 1.73 bits per heavy atom. The molecule has 3 aromatic carbocycles. The van der Waals surface area contributed by atoms with Gasteiger partial charge in [0, 0.05) is 16.9 Å². The van der Waals surface area contributed by atoms with Gasteiger partial charge < -0.3 is 5.32 Å². The van der Waals surface area contributed by atoms with Gasteiger partial charge in [-0.15, -0.1) is 0 Å². The summed E-state index contributed by atoms with van der Waals surface area (Å²) in [7, 11) is -1.09. The van der Waals surface area contributed by atoms with Crippen molar-refractivity contribution in [1.29, 1.82) is 0 Å². The van der Waals surface area contributed by atoms with E-state index in [2.05, 4.69) is 5.32 Å². The highest BCUT2D eigenvalue weighted by molar-refractivity contribution is 7.80. The Morgan fingerprint density at radius 1 is 0.769 bits per heavy atom. The molecule has 0 saturated heterocycles. The molecule has 0 aromatic heterocycles. The summed E-state index contributed by atoms with van der Waals surface area (Å²) in [6.07, 6.45) is 0. The third kappa shape index (κ3) is 4.28. The predicted molar refractivity (Wildman–Crippen MR) is 108 cm³/mol. The van der Waals surface area contributed by atoms with E-state index in [0.29, 0.717) is 11.0 Å². The lowest BCUT2D eigenvalue weighted by atomic mass is 10.1. The monoisotopic (exact) mass is 369 g/mol. The predicted octanol–water partition coefficient (Wildman–Crippen LogP) is 4.93. The molecule has 4 heteroatoms. The van der Waals surface area contributed by atoms with E-state index in [4.69, 9.17) is 0 Å². The van der Waals surface area contributed by atoms with E-state index in [9.17, 15) is 8.78 Å². The molecule has 0 aliphatic heterocycles. The lowest BCUT2D eigenvalue weighted by Crippen LogP contribution is -2.32. The van der Waals surface area contributed by atoms with Crippen LogP contribution in [-0.2, 0) is 0 Å². The van der Waals surface area contributed by atoms with Gasteiger partial charge in [-0.2, -0.15) is 0 Å². The van der Waals surface area contributed by atoms with Crippen LogP contribution in [0.5, 0.6) is 0 Å². The summed E-state index contributed by atoms with van der Waals surface area (Å²) in [5, 5.41) is 6.00. The van der Waals surface area contributed by atoms with Gasteiger partial charge in [0.05, 0.1) is 5.69 Å². The Labute approximate surface area is 154 Å². The molecule has 0 unspecified atom stereocenters. The van der Waals surface area contributed by atoms with Crippen LogP contribution in [0.25, 0.3) is 0 Å². The smallest absolute Gasteiger partial charge is 0.149 e. The van der Waals surface area contributed by atoms with Crippen LogP contribution in [0, 0.1) is 11.6 Å². The first-order valence-corrected chi connectivity index (χ1v) is 9.87. The minimum Gasteiger partial charge on any atom is -0.378 e. The van der Waals surface area contributed by atoms with E-state index < -0.39 is 19.6 Å². The Balaban J connectivity index is 2.25. The molecule has 0 fully saturated rings. The summed E-state index contributed by atoms with van der Waals surface area (Å²) < 4.78 is 28.9. The van der Waals surface area contributed by atoms with E-state index in [1.165, 1.54) is 6.07 Å². The first kappa shape index (κ1) is 18.5. The van der Waals surface area contributed by atoms with Crippen molar-refractivity contribution in [2.75, 3.05) is 5.32 Å². The summed E-state index contributed by atoms with van der Waals surface area (Å²) in [4.78, 5) is 0. The highest BCUT2D eigenvalue weighted by Crippen LogP contribution is 2.37. The van der Waals surface area contributed by atoms with E-state index >= 15 is 0 Å². The Bertz CT molecular complexity index is 834. The molecule has 0 aliphatic carbocycles. The van der Waals surface area contributed by atoms with Gasteiger partial charge in [-0.3, -0.25) is 0 Å². The van der Waals surface area contributed by atoms with Crippen molar-refractivity contribution in [2.45, 2.75) is 26.3 Å². The van der Waals surface area contributed by atoms with Crippen molar-refractivity contribution < 1.29 is 8.78 Å². The second-order valence-electron chi connectivity index (χ2n) is 7.16. The Hall–Kier alpha value is -2.25. The summed E-state index contributed by atoms with van der Waals surface area (Å²) in [5.74, 6) is -1.12. The fraction of sp³-hybridized carbons (Fsp3) is 0.182. The van der Waals surface area contributed by atoms with Crippen molar-refractivity contribution in [3.63, 3.8) is 0 Å². The van der Waals surface area contributed by atoms with Crippen LogP contribution >= 0.6 is 7.92 Å². The molecule has 1 nitrogen and oxygen atoms in total. The highest BCUT2D eigenvalue weighted by atomic mass is 31.1. The second-order valence-corrected chi connectivity index (χ2v) is 9.35. The van der Waals surface area contributed by atoms with Crippen molar-refractivity contribution in [2.24, 2.45) is 0 Å². The number of hydrogen-bond acceptors (Lipinski definition) is 1. The van der Waals surface area contributed by atoms with Gasteiger partial charge in [0.25, 0.3) is 0 Å². The van der Waals surface area contributed by atoms with Gasteiger partial charge in [0.1, 0.15) is 11.6 Å². The standard InChI is InChI=1S/C22H22F2NP/c1-22(2,3)25-21-19(24)14-16(23)15-20(21)26(17-10-6-4-7-11-17)18-12-8-5-9-13-18/h4-15,25H,1-3H3. The maximum absolute atomic E-state index is 14.7. The molecule has 0 saturated carbocycles. The minimum atomic E-state index is -1.09. The van der Waals surface area contributed by atoms with Crippen LogP contribution in [0.2, 0.25) is 0 Å². The number of halogens is 2. The zero-order chi connectivity index (χ0) is 18.7. The lowest BCUT2D eigenvalue weighted by Gasteiger charge is -2.28. The van der Waals surface area contributed by atoms with Gasteiger partial charge in [-0.1, -0.05) is 60.7 Å². The van der Waals surface area contributed by atoms with E-state index in [1.54, 1.807) is 0 Å². The molecule has 0 spiro atoms. The van der Waals surface area contributed by atoms with E-state index in [-0.39, 0.29) is 5.54 Å². The first-order chi connectivity index (χ1) is 12.3. The van der Waals surface area contributed by atoms with Crippen molar-refractivity contribution in [1.82, 2.24) is 0 Å². The SMILES string of the molecule is CC(C)(C)Nc1c(F)cc(F)cc1P(c1ccccc1)c1ccccc1. The number of benzene rings is 3. The average molecular weight is 369 g/mol. The lowest BCUT2D eigenvalue weighted by molar-refractivity contribution is 0.575. The maximum atomic E-state index is 14.7. The molecule has 26 heavy (non-hydrogen) atoms. The quantitative estimate of drug-likeness (QED) is 0.643. The Morgan fingerprint density at radius 2 is 1.27 bits per heavy atom. The molecule has 134 valence electrons. The van der Waals surface area contributed by atoms with Gasteiger partial charge in [-0.25, -0.2) is 8.78 Å². The largest absolute Gasteiger partial charge is 0.378 e. The molecule has 3 rings (SSSR count). The van der Waals surface area contributed by atoms with Gasteiger partial charge in [0.15, 0.2) is 0 Å². The molecule has 0 amide bonds. The van der Waals surface area contributed by atoms with Crippen LogP contribution in [0.4, 0.5) is 14.5 Å². The number of hydrogen-bond donors (Lipinski definition) is 1.